The predicted octanol–water partition coefficient (Wildman–Crippen LogP) is 3.04. The number of hydrogen-bond donors (Lipinski definition) is 1. The van der Waals surface area contributed by atoms with Gasteiger partial charge >= 0.3 is 0 Å². The first-order valence-corrected chi connectivity index (χ1v) is 6.67. The lowest BCUT2D eigenvalue weighted by Crippen LogP contribution is -2.18. The minimum Gasteiger partial charge on any atom is -0.367 e. The Morgan fingerprint density at radius 2 is 1.67 bits per heavy atom. The highest BCUT2D eigenvalue weighted by Gasteiger charge is 2.04. The van der Waals surface area contributed by atoms with Crippen molar-refractivity contribution in [2.75, 3.05) is 11.9 Å². The predicted molar refractivity (Wildman–Crippen MR) is 81.2 cm³/mol. The average molecular weight is 283 g/mol. The number of rotatable bonds is 6. The zero-order chi connectivity index (χ0) is 15.1. The molecule has 0 unspecified atom stereocenters. The van der Waals surface area contributed by atoms with Crippen molar-refractivity contribution in [3.8, 4) is 0 Å². The van der Waals surface area contributed by atoms with Gasteiger partial charge in [0.05, 0.1) is 6.61 Å². The van der Waals surface area contributed by atoms with Crippen LogP contribution in [0.4, 0.5) is 5.69 Å². The number of amides is 1. The van der Waals surface area contributed by atoms with Gasteiger partial charge in [-0.2, -0.15) is 0 Å². The largest absolute Gasteiger partial charge is 0.367 e. The van der Waals surface area contributed by atoms with Crippen LogP contribution in [-0.2, 0) is 16.1 Å². The van der Waals surface area contributed by atoms with Crippen molar-refractivity contribution in [2.24, 2.45) is 0 Å². The van der Waals surface area contributed by atoms with E-state index in [1.807, 2.05) is 30.3 Å². The highest BCUT2D eigenvalue weighted by molar-refractivity contribution is 5.95. The van der Waals surface area contributed by atoms with Crippen LogP contribution in [0.1, 0.15) is 22.8 Å². The molecule has 21 heavy (non-hydrogen) atoms. The lowest BCUT2D eigenvalue weighted by molar-refractivity contribution is -0.121. The molecule has 0 fully saturated rings. The molecule has 0 aliphatic heterocycles. The van der Waals surface area contributed by atoms with Crippen LogP contribution in [0.2, 0.25) is 0 Å². The summed E-state index contributed by atoms with van der Waals surface area (Å²) in [7, 11) is 0. The average Bonchev–Trinajstić information content (AvgIpc) is 2.49. The molecule has 2 aromatic carbocycles. The Morgan fingerprint density at radius 3 is 2.29 bits per heavy atom. The lowest BCUT2D eigenvalue weighted by Gasteiger charge is -2.07. The summed E-state index contributed by atoms with van der Waals surface area (Å²) in [5, 5.41) is 2.72. The third-order valence-electron chi connectivity index (χ3n) is 2.92. The molecule has 0 saturated carbocycles. The summed E-state index contributed by atoms with van der Waals surface area (Å²) >= 11 is 0. The van der Waals surface area contributed by atoms with E-state index < -0.39 is 0 Å². The molecule has 0 atom stereocenters. The third-order valence-corrected chi connectivity index (χ3v) is 2.92. The molecule has 4 heteroatoms. The van der Waals surface area contributed by atoms with Crippen molar-refractivity contribution >= 4 is 17.4 Å². The van der Waals surface area contributed by atoms with Crippen LogP contribution >= 0.6 is 0 Å². The van der Waals surface area contributed by atoms with E-state index >= 15 is 0 Å². The Kier molecular flexibility index (Phi) is 5.23. The van der Waals surface area contributed by atoms with Crippen molar-refractivity contribution in [1.82, 2.24) is 0 Å². The summed E-state index contributed by atoms with van der Waals surface area (Å²) in [6.45, 7) is 1.89. The van der Waals surface area contributed by atoms with Crippen molar-refractivity contribution in [1.29, 1.82) is 0 Å². The number of ketones is 1. The molecule has 0 aliphatic carbocycles. The molecule has 0 radical (unpaired) electrons. The normalized spacial score (nSPS) is 10.1. The highest BCUT2D eigenvalue weighted by atomic mass is 16.5. The first-order valence-electron chi connectivity index (χ1n) is 6.67. The zero-order valence-electron chi connectivity index (χ0n) is 11.8. The number of hydrogen-bond acceptors (Lipinski definition) is 3. The zero-order valence-corrected chi connectivity index (χ0v) is 11.8. The molecule has 108 valence electrons. The van der Waals surface area contributed by atoms with E-state index in [4.69, 9.17) is 4.74 Å². The van der Waals surface area contributed by atoms with Crippen LogP contribution in [0.3, 0.4) is 0 Å². The summed E-state index contributed by atoms with van der Waals surface area (Å²) in [5.74, 6) is -0.222. The number of carbonyl (C=O) groups excluding carboxylic acids is 2. The van der Waals surface area contributed by atoms with E-state index in [0.717, 1.165) is 5.56 Å². The Morgan fingerprint density at radius 1 is 1.00 bits per heavy atom. The second-order valence-electron chi connectivity index (χ2n) is 4.66. The van der Waals surface area contributed by atoms with Crippen LogP contribution in [-0.4, -0.2) is 18.3 Å². The van der Waals surface area contributed by atoms with Gasteiger partial charge in [-0.15, -0.1) is 0 Å². The number of nitrogens with one attached hydrogen (secondary N) is 1. The number of carbonyl (C=O) groups is 2. The van der Waals surface area contributed by atoms with Gasteiger partial charge in [0.2, 0.25) is 5.91 Å². The van der Waals surface area contributed by atoms with Gasteiger partial charge in [-0.25, -0.2) is 0 Å². The van der Waals surface area contributed by atoms with Crippen molar-refractivity contribution in [3.05, 3.63) is 65.7 Å². The Labute approximate surface area is 123 Å². The summed E-state index contributed by atoms with van der Waals surface area (Å²) in [5.41, 5.74) is 2.29. The summed E-state index contributed by atoms with van der Waals surface area (Å²) in [6.07, 6.45) is 0. The van der Waals surface area contributed by atoms with Crippen LogP contribution in [0, 0.1) is 0 Å². The van der Waals surface area contributed by atoms with Gasteiger partial charge in [-0.3, -0.25) is 9.59 Å². The summed E-state index contributed by atoms with van der Waals surface area (Å²) < 4.78 is 5.35. The quantitative estimate of drug-likeness (QED) is 0.829. The van der Waals surface area contributed by atoms with Crippen molar-refractivity contribution < 1.29 is 14.3 Å². The minimum atomic E-state index is -0.221. The van der Waals surface area contributed by atoms with Gasteiger partial charge in [0, 0.05) is 11.3 Å². The van der Waals surface area contributed by atoms with Gasteiger partial charge in [0.15, 0.2) is 5.78 Å². The monoisotopic (exact) mass is 283 g/mol. The molecule has 0 spiro atoms. The van der Waals surface area contributed by atoms with Crippen LogP contribution in [0.5, 0.6) is 0 Å². The van der Waals surface area contributed by atoms with E-state index in [-0.39, 0.29) is 18.3 Å². The molecule has 2 rings (SSSR count). The van der Waals surface area contributed by atoms with Gasteiger partial charge in [-0.1, -0.05) is 30.3 Å². The topological polar surface area (TPSA) is 55.4 Å². The molecular formula is C17H17NO3. The Hall–Kier alpha value is -2.46. The smallest absolute Gasteiger partial charge is 0.250 e. The molecule has 1 amide bonds. The second-order valence-corrected chi connectivity index (χ2v) is 4.66. The number of ether oxygens (including phenoxy) is 1. The Balaban J connectivity index is 1.78. The third kappa shape index (κ3) is 4.85. The van der Waals surface area contributed by atoms with E-state index in [9.17, 15) is 9.59 Å². The minimum absolute atomic E-state index is 0.000860. The fourth-order valence-electron chi connectivity index (χ4n) is 1.82. The maximum atomic E-state index is 11.7. The number of benzene rings is 2. The van der Waals surface area contributed by atoms with Gasteiger partial charge in [0.25, 0.3) is 0 Å². The number of anilines is 1. The molecule has 0 aliphatic rings. The van der Waals surface area contributed by atoms with E-state index in [2.05, 4.69) is 5.32 Å². The molecule has 0 heterocycles. The lowest BCUT2D eigenvalue weighted by atomic mass is 10.1. The highest BCUT2D eigenvalue weighted by Crippen LogP contribution is 2.10. The molecule has 0 bridgehead atoms. The van der Waals surface area contributed by atoms with Gasteiger partial charge < -0.3 is 10.1 Å². The van der Waals surface area contributed by atoms with E-state index in [1.54, 1.807) is 24.3 Å². The maximum absolute atomic E-state index is 11.7. The van der Waals surface area contributed by atoms with Gasteiger partial charge in [-0.05, 0) is 36.8 Å². The molecule has 2 aromatic rings. The SMILES string of the molecule is CC(=O)c1ccc(NC(=O)COCc2ccccc2)cc1. The van der Waals surface area contributed by atoms with Crippen LogP contribution in [0.25, 0.3) is 0 Å². The van der Waals surface area contributed by atoms with Crippen LogP contribution in [0.15, 0.2) is 54.6 Å². The molecule has 1 N–H and O–H groups in total. The molecule has 0 aromatic heterocycles. The summed E-state index contributed by atoms with van der Waals surface area (Å²) in [6, 6.07) is 16.4. The van der Waals surface area contributed by atoms with E-state index in [0.29, 0.717) is 17.9 Å². The number of Topliss-reactive ketones (excluding diaryl/α,β-unsaturated/α-hetero) is 1. The Bertz CT molecular complexity index is 606. The second kappa shape index (κ2) is 7.36. The van der Waals surface area contributed by atoms with Crippen molar-refractivity contribution in [3.63, 3.8) is 0 Å². The fraction of sp³-hybridized carbons (Fsp3) is 0.176. The summed E-state index contributed by atoms with van der Waals surface area (Å²) in [4.78, 5) is 22.9. The van der Waals surface area contributed by atoms with E-state index in [1.165, 1.54) is 6.92 Å². The molecular weight excluding hydrogens is 266 g/mol. The molecule has 4 nitrogen and oxygen atoms in total. The standard InChI is InChI=1S/C17H17NO3/c1-13(19)15-7-9-16(10-8-15)18-17(20)12-21-11-14-5-3-2-4-6-14/h2-10H,11-12H2,1H3,(H,18,20). The van der Waals surface area contributed by atoms with Crippen LogP contribution < -0.4 is 5.32 Å². The molecule has 0 saturated heterocycles. The first-order chi connectivity index (χ1) is 10.1. The first kappa shape index (κ1) is 14.9. The van der Waals surface area contributed by atoms with Crippen molar-refractivity contribution in [2.45, 2.75) is 13.5 Å². The fourth-order valence-corrected chi connectivity index (χ4v) is 1.82. The maximum Gasteiger partial charge on any atom is 0.250 e. The van der Waals surface area contributed by atoms with Gasteiger partial charge in [0.1, 0.15) is 6.61 Å².